The summed E-state index contributed by atoms with van der Waals surface area (Å²) in [6.07, 6.45) is 39.3. The first-order valence-corrected chi connectivity index (χ1v) is 26.4. The van der Waals surface area contributed by atoms with Gasteiger partial charge in [-0.15, -0.1) is 0 Å². The monoisotopic (exact) mass is 807 g/mol. The molecule has 10 heteroatoms. The van der Waals surface area contributed by atoms with Gasteiger partial charge in [-0.05, 0) is 97.3 Å². The molecular formula is C44H96N4O4P2. The van der Waals surface area contributed by atoms with Crippen molar-refractivity contribution in [1.29, 1.82) is 0 Å². The lowest BCUT2D eigenvalue weighted by Gasteiger charge is -2.31. The van der Waals surface area contributed by atoms with E-state index in [1.54, 1.807) is 0 Å². The molecule has 2 unspecified atom stereocenters. The Kier molecular flexibility index (Phi) is 35.4. The van der Waals surface area contributed by atoms with Crippen LogP contribution in [-0.2, 0) is 9.05 Å². The van der Waals surface area contributed by atoms with Crippen molar-refractivity contribution in [3.63, 3.8) is 0 Å². The van der Waals surface area contributed by atoms with Crippen LogP contribution in [0.15, 0.2) is 0 Å². The molecule has 0 spiro atoms. The molecule has 0 aliphatic heterocycles. The minimum atomic E-state index is -2.53. The SMILES string of the molecule is C=P(O)(OCCCCCCCCCCCCNCCCNCCCCCCCCCCCCCNCCCNCCCOP(=C)(O)C(C)(C)C)C(C)(C)C. The Morgan fingerprint density at radius 1 is 0.333 bits per heavy atom. The van der Waals surface area contributed by atoms with Gasteiger partial charge in [0.1, 0.15) is 14.7 Å². The average molecular weight is 807 g/mol. The van der Waals surface area contributed by atoms with Crippen LogP contribution in [0.5, 0.6) is 0 Å². The van der Waals surface area contributed by atoms with Crippen LogP contribution in [-0.4, -0.2) is 98.3 Å². The molecule has 0 bridgehead atoms. The van der Waals surface area contributed by atoms with E-state index in [0.717, 1.165) is 58.5 Å². The lowest BCUT2D eigenvalue weighted by molar-refractivity contribution is 0.281. The van der Waals surface area contributed by atoms with Crippen molar-refractivity contribution in [3.05, 3.63) is 0 Å². The second-order valence-electron chi connectivity index (χ2n) is 17.9. The minimum Gasteiger partial charge on any atom is -0.353 e. The van der Waals surface area contributed by atoms with Crippen molar-refractivity contribution in [2.45, 2.75) is 206 Å². The third-order valence-corrected chi connectivity index (χ3v) is 16.0. The summed E-state index contributed by atoms with van der Waals surface area (Å²) < 4.78 is 11.4. The van der Waals surface area contributed by atoms with Gasteiger partial charge in [-0.2, -0.15) is 0 Å². The van der Waals surface area contributed by atoms with E-state index in [0.29, 0.717) is 13.2 Å². The molecule has 0 heterocycles. The number of nitrogens with one attached hydrogen (secondary N) is 4. The Morgan fingerprint density at radius 3 is 0.815 bits per heavy atom. The number of hydrogen-bond donors (Lipinski definition) is 6. The van der Waals surface area contributed by atoms with Crippen molar-refractivity contribution in [1.82, 2.24) is 21.3 Å². The molecule has 0 saturated heterocycles. The van der Waals surface area contributed by atoms with Crippen molar-refractivity contribution in [2.24, 2.45) is 0 Å². The summed E-state index contributed by atoms with van der Waals surface area (Å²) in [7, 11) is -5.03. The molecule has 0 aliphatic carbocycles. The Balaban J connectivity index is 3.17. The van der Waals surface area contributed by atoms with Gasteiger partial charge in [0, 0.05) is 10.3 Å². The molecule has 0 aromatic heterocycles. The molecule has 2 atom stereocenters. The molecule has 0 aromatic carbocycles. The second-order valence-corrected chi connectivity index (χ2v) is 23.9. The molecule has 0 saturated carbocycles. The van der Waals surface area contributed by atoms with Crippen molar-refractivity contribution in [2.75, 3.05) is 65.6 Å². The summed E-state index contributed by atoms with van der Waals surface area (Å²) in [4.78, 5) is 20.7. The number of rotatable bonds is 41. The third-order valence-electron chi connectivity index (χ3n) is 10.6. The van der Waals surface area contributed by atoms with Crippen LogP contribution >= 0.6 is 14.7 Å². The van der Waals surface area contributed by atoms with Crippen molar-refractivity contribution >= 4 is 27.3 Å². The van der Waals surface area contributed by atoms with Crippen LogP contribution in [0.1, 0.15) is 196 Å². The van der Waals surface area contributed by atoms with E-state index in [1.165, 1.54) is 148 Å². The van der Waals surface area contributed by atoms with Gasteiger partial charge in [-0.1, -0.05) is 163 Å². The maximum Gasteiger partial charge on any atom is 0.119 e. The molecule has 8 nitrogen and oxygen atoms in total. The predicted octanol–water partition coefficient (Wildman–Crippen LogP) is 10.9. The van der Waals surface area contributed by atoms with Crippen LogP contribution in [0.25, 0.3) is 0 Å². The standard InChI is InChI=1S/C44H96N4O4P2/c1-43(2,3)53(7,49)51-41-29-25-21-17-13-12-16-20-24-27-34-46-37-30-36-45-33-26-22-18-14-10-9-11-15-19-23-28-35-47-38-31-39-48-40-32-42-52-54(8,50)44(4,5)6/h45-50H,7-42H2,1-6H3. The quantitative estimate of drug-likeness (QED) is 0.0268. The molecule has 326 valence electrons. The van der Waals surface area contributed by atoms with Crippen molar-refractivity contribution < 1.29 is 18.8 Å². The van der Waals surface area contributed by atoms with Gasteiger partial charge in [-0.3, -0.25) is 0 Å². The Labute approximate surface area is 337 Å². The molecule has 0 rings (SSSR count). The van der Waals surface area contributed by atoms with E-state index < -0.39 is 14.7 Å². The minimum absolute atomic E-state index is 0.252. The number of hydrogen-bond acceptors (Lipinski definition) is 8. The molecule has 0 fully saturated rings. The smallest absolute Gasteiger partial charge is 0.119 e. The first kappa shape index (κ1) is 54.3. The highest BCUT2D eigenvalue weighted by molar-refractivity contribution is 7.65. The fourth-order valence-corrected chi connectivity index (χ4v) is 7.69. The van der Waals surface area contributed by atoms with Gasteiger partial charge in [0.25, 0.3) is 0 Å². The highest BCUT2D eigenvalue weighted by Gasteiger charge is 2.28. The van der Waals surface area contributed by atoms with Gasteiger partial charge in [0.15, 0.2) is 0 Å². The zero-order valence-electron chi connectivity index (χ0n) is 37.1. The van der Waals surface area contributed by atoms with Crippen molar-refractivity contribution in [3.8, 4) is 0 Å². The molecule has 54 heavy (non-hydrogen) atoms. The molecular weight excluding hydrogens is 710 g/mol. The summed E-state index contributed by atoms with van der Waals surface area (Å²) in [5.74, 6) is 0. The largest absolute Gasteiger partial charge is 0.353 e. The number of unbranched alkanes of at least 4 members (excludes halogenated alkanes) is 19. The lowest BCUT2D eigenvalue weighted by Crippen LogP contribution is -2.24. The molecule has 0 radical (unpaired) electrons. The molecule has 0 amide bonds. The van der Waals surface area contributed by atoms with E-state index in [9.17, 15) is 9.79 Å². The third kappa shape index (κ3) is 34.3. The van der Waals surface area contributed by atoms with Gasteiger partial charge >= 0.3 is 0 Å². The summed E-state index contributed by atoms with van der Waals surface area (Å²) >= 11 is 0. The highest BCUT2D eigenvalue weighted by Crippen LogP contribution is 2.55. The van der Waals surface area contributed by atoms with E-state index in [4.69, 9.17) is 9.05 Å². The molecule has 6 N–H and O–H groups in total. The summed E-state index contributed by atoms with van der Waals surface area (Å²) in [5, 5.41) is 13.8. The van der Waals surface area contributed by atoms with Crippen LogP contribution in [0, 0.1) is 0 Å². The van der Waals surface area contributed by atoms with Gasteiger partial charge in [0.2, 0.25) is 0 Å². The maximum absolute atomic E-state index is 10.4. The summed E-state index contributed by atoms with van der Waals surface area (Å²) in [6, 6.07) is 0. The fraction of sp³-hybridized carbons (Fsp3) is 0.955. The van der Waals surface area contributed by atoms with Gasteiger partial charge < -0.3 is 40.1 Å². The Bertz CT molecular complexity index is 838. The van der Waals surface area contributed by atoms with Crippen LogP contribution in [0.2, 0.25) is 0 Å². The topological polar surface area (TPSA) is 107 Å². The maximum atomic E-state index is 10.4. The zero-order chi connectivity index (χ0) is 40.3. The predicted molar refractivity (Wildman–Crippen MR) is 246 cm³/mol. The first-order chi connectivity index (χ1) is 25.7. The van der Waals surface area contributed by atoms with Gasteiger partial charge in [0.05, 0.1) is 13.2 Å². The first-order valence-electron chi connectivity index (χ1n) is 22.8. The fourth-order valence-electron chi connectivity index (χ4n) is 6.05. The molecule has 0 aliphatic rings. The van der Waals surface area contributed by atoms with Crippen LogP contribution < -0.4 is 21.3 Å². The van der Waals surface area contributed by atoms with Crippen LogP contribution in [0.3, 0.4) is 0 Å². The Hall–Kier alpha value is 0.280. The highest BCUT2D eigenvalue weighted by atomic mass is 31.2. The molecule has 0 aromatic rings. The average Bonchev–Trinajstić information content (AvgIpc) is 3.09. The zero-order valence-corrected chi connectivity index (χ0v) is 38.9. The van der Waals surface area contributed by atoms with E-state index in [-0.39, 0.29) is 10.3 Å². The van der Waals surface area contributed by atoms with Crippen LogP contribution in [0.4, 0.5) is 0 Å². The van der Waals surface area contributed by atoms with E-state index in [2.05, 4.69) is 33.9 Å². The van der Waals surface area contributed by atoms with Gasteiger partial charge in [-0.25, -0.2) is 0 Å². The Morgan fingerprint density at radius 2 is 0.537 bits per heavy atom. The lowest BCUT2D eigenvalue weighted by atomic mass is 10.1. The summed E-state index contributed by atoms with van der Waals surface area (Å²) in [5.41, 5.74) is 0. The van der Waals surface area contributed by atoms with E-state index >= 15 is 0 Å². The summed E-state index contributed by atoms with van der Waals surface area (Å²) in [6.45, 7) is 22.0. The normalized spacial score (nSPS) is 14.7. The van der Waals surface area contributed by atoms with E-state index in [1.807, 2.05) is 41.5 Å². The second kappa shape index (κ2) is 35.2.